The van der Waals surface area contributed by atoms with Gasteiger partial charge in [0, 0.05) is 24.7 Å². The van der Waals surface area contributed by atoms with Crippen LogP contribution in [0.4, 0.5) is 0 Å². The van der Waals surface area contributed by atoms with Gasteiger partial charge in [-0.15, -0.1) is 0 Å². The summed E-state index contributed by atoms with van der Waals surface area (Å²) in [5, 5.41) is 0.135. The van der Waals surface area contributed by atoms with Crippen LogP contribution in [0.2, 0.25) is 0 Å². The summed E-state index contributed by atoms with van der Waals surface area (Å²) in [6.07, 6.45) is 2.13. The van der Waals surface area contributed by atoms with Crippen LogP contribution in [0, 0.1) is 11.8 Å². The van der Waals surface area contributed by atoms with E-state index >= 15 is 0 Å². The van der Waals surface area contributed by atoms with E-state index in [9.17, 15) is 4.79 Å². The number of nitrogens with zero attached hydrogens (tertiary/aromatic N) is 1. The second kappa shape index (κ2) is 5.55. The molecule has 0 unspecified atom stereocenters. The number of carbonyl (C=O) groups excluding carboxylic acids is 1. The van der Waals surface area contributed by atoms with Crippen LogP contribution in [0.5, 0.6) is 0 Å². The predicted molar refractivity (Wildman–Crippen MR) is 68.6 cm³/mol. The van der Waals surface area contributed by atoms with Crippen molar-refractivity contribution in [3.05, 3.63) is 30.2 Å². The summed E-state index contributed by atoms with van der Waals surface area (Å²) in [4.78, 5) is 14.8. The van der Waals surface area contributed by atoms with Gasteiger partial charge in [0.15, 0.2) is 17.1 Å². The van der Waals surface area contributed by atoms with Gasteiger partial charge in [0.25, 0.3) is 0 Å². The van der Waals surface area contributed by atoms with Crippen LogP contribution in [0.15, 0.2) is 29.0 Å². The number of hydrogen-bond donors (Lipinski definition) is 0. The molecule has 0 atom stereocenters. The summed E-state index contributed by atoms with van der Waals surface area (Å²) >= 11 is 1.30. The standard InChI is InChI=1S/C13H11NO2S/c1-10(15)17-7-3-2-4-11-5-6-13-12(8-11)14-9-16-13/h5-6,8-9H,3,7H2,1H3. The van der Waals surface area contributed by atoms with Gasteiger partial charge in [-0.05, 0) is 18.2 Å². The molecule has 0 bridgehead atoms. The first-order valence-electron chi connectivity index (χ1n) is 5.21. The van der Waals surface area contributed by atoms with Crippen LogP contribution in [-0.2, 0) is 4.79 Å². The first-order chi connectivity index (χ1) is 8.25. The lowest BCUT2D eigenvalue weighted by molar-refractivity contribution is -0.109. The van der Waals surface area contributed by atoms with Gasteiger partial charge in [-0.25, -0.2) is 4.98 Å². The van der Waals surface area contributed by atoms with Crippen molar-refractivity contribution in [2.75, 3.05) is 5.75 Å². The minimum atomic E-state index is 0.135. The Morgan fingerprint density at radius 1 is 1.53 bits per heavy atom. The second-order valence-electron chi connectivity index (χ2n) is 3.43. The molecule has 0 fully saturated rings. The molecule has 2 rings (SSSR count). The first kappa shape index (κ1) is 11.7. The quantitative estimate of drug-likeness (QED) is 0.602. The summed E-state index contributed by atoms with van der Waals surface area (Å²) in [7, 11) is 0. The summed E-state index contributed by atoms with van der Waals surface area (Å²) < 4.78 is 5.14. The number of aromatic nitrogens is 1. The smallest absolute Gasteiger partial charge is 0.185 e. The van der Waals surface area contributed by atoms with Gasteiger partial charge in [0.05, 0.1) is 0 Å². The van der Waals surface area contributed by atoms with Gasteiger partial charge < -0.3 is 4.42 Å². The number of rotatable bonds is 2. The van der Waals surface area contributed by atoms with E-state index in [0.29, 0.717) is 6.42 Å². The van der Waals surface area contributed by atoms with Crippen molar-refractivity contribution in [3.63, 3.8) is 0 Å². The fourth-order valence-corrected chi connectivity index (χ4v) is 1.84. The molecule has 1 aromatic heterocycles. The molecule has 0 amide bonds. The lowest BCUT2D eigenvalue weighted by Gasteiger charge is -1.90. The molecule has 0 saturated heterocycles. The Labute approximate surface area is 104 Å². The minimum Gasteiger partial charge on any atom is -0.443 e. The molecular weight excluding hydrogens is 234 g/mol. The maximum absolute atomic E-state index is 10.7. The largest absolute Gasteiger partial charge is 0.443 e. The fraction of sp³-hybridized carbons (Fsp3) is 0.231. The van der Waals surface area contributed by atoms with Crippen molar-refractivity contribution in [2.24, 2.45) is 0 Å². The van der Waals surface area contributed by atoms with Crippen molar-refractivity contribution in [1.82, 2.24) is 4.98 Å². The average Bonchev–Trinajstić information content (AvgIpc) is 2.75. The SMILES string of the molecule is CC(=O)SCCC#Cc1ccc2ocnc2c1. The third kappa shape index (κ3) is 3.36. The van der Waals surface area contributed by atoms with Gasteiger partial charge >= 0.3 is 0 Å². The van der Waals surface area contributed by atoms with E-state index in [4.69, 9.17) is 4.42 Å². The van der Waals surface area contributed by atoms with Crippen LogP contribution in [0.3, 0.4) is 0 Å². The van der Waals surface area contributed by atoms with Crippen LogP contribution < -0.4 is 0 Å². The Morgan fingerprint density at radius 3 is 3.24 bits per heavy atom. The summed E-state index contributed by atoms with van der Waals surface area (Å²) in [6, 6.07) is 5.65. The van der Waals surface area contributed by atoms with Crippen molar-refractivity contribution < 1.29 is 9.21 Å². The average molecular weight is 245 g/mol. The van der Waals surface area contributed by atoms with Gasteiger partial charge in [-0.2, -0.15) is 0 Å². The zero-order chi connectivity index (χ0) is 12.1. The molecule has 0 aliphatic rings. The van der Waals surface area contributed by atoms with E-state index in [2.05, 4.69) is 16.8 Å². The van der Waals surface area contributed by atoms with Crippen molar-refractivity contribution in [3.8, 4) is 11.8 Å². The molecule has 1 aromatic carbocycles. The van der Waals surface area contributed by atoms with Gasteiger partial charge in [-0.3, -0.25) is 4.79 Å². The van der Waals surface area contributed by atoms with Gasteiger partial charge in [-0.1, -0.05) is 23.6 Å². The van der Waals surface area contributed by atoms with Crippen LogP contribution in [-0.4, -0.2) is 15.9 Å². The normalized spacial score (nSPS) is 9.94. The Morgan fingerprint density at radius 2 is 2.41 bits per heavy atom. The third-order valence-corrected chi connectivity index (χ3v) is 2.91. The molecule has 2 aromatic rings. The van der Waals surface area contributed by atoms with Crippen molar-refractivity contribution in [2.45, 2.75) is 13.3 Å². The molecule has 1 heterocycles. The highest BCUT2D eigenvalue weighted by Crippen LogP contribution is 2.13. The Balaban J connectivity index is 1.98. The summed E-state index contributed by atoms with van der Waals surface area (Å²) in [6.45, 7) is 1.57. The van der Waals surface area contributed by atoms with Crippen LogP contribution >= 0.6 is 11.8 Å². The minimum absolute atomic E-state index is 0.135. The molecular formula is C13H11NO2S. The number of thioether (sulfide) groups is 1. The number of benzene rings is 1. The Kier molecular flexibility index (Phi) is 3.84. The van der Waals surface area contributed by atoms with Gasteiger partial charge in [0.1, 0.15) is 5.52 Å². The number of carbonyl (C=O) groups is 1. The molecule has 0 radical (unpaired) electrons. The summed E-state index contributed by atoms with van der Waals surface area (Å²) in [5.41, 5.74) is 2.50. The number of hydrogen-bond acceptors (Lipinski definition) is 4. The van der Waals surface area contributed by atoms with Gasteiger partial charge in [0.2, 0.25) is 0 Å². The van der Waals surface area contributed by atoms with E-state index in [1.807, 2.05) is 18.2 Å². The topological polar surface area (TPSA) is 43.1 Å². The molecule has 0 N–H and O–H groups in total. The summed E-state index contributed by atoms with van der Waals surface area (Å²) in [5.74, 6) is 6.82. The van der Waals surface area contributed by atoms with E-state index in [0.717, 1.165) is 22.4 Å². The highest BCUT2D eigenvalue weighted by molar-refractivity contribution is 8.13. The first-order valence-corrected chi connectivity index (χ1v) is 6.20. The highest BCUT2D eigenvalue weighted by atomic mass is 32.2. The molecule has 0 aliphatic heterocycles. The molecule has 17 heavy (non-hydrogen) atoms. The molecule has 4 heteroatoms. The lowest BCUT2D eigenvalue weighted by Crippen LogP contribution is -1.84. The van der Waals surface area contributed by atoms with Crippen LogP contribution in [0.1, 0.15) is 18.9 Å². The third-order valence-electron chi connectivity index (χ3n) is 2.10. The molecule has 3 nitrogen and oxygen atoms in total. The van der Waals surface area contributed by atoms with Crippen molar-refractivity contribution in [1.29, 1.82) is 0 Å². The monoisotopic (exact) mass is 245 g/mol. The van der Waals surface area contributed by atoms with E-state index in [1.165, 1.54) is 18.2 Å². The highest BCUT2D eigenvalue weighted by Gasteiger charge is 1.97. The van der Waals surface area contributed by atoms with E-state index in [1.54, 1.807) is 6.92 Å². The number of oxazole rings is 1. The molecule has 86 valence electrons. The fourth-order valence-electron chi connectivity index (χ4n) is 1.35. The maximum atomic E-state index is 10.7. The Hall–Kier alpha value is -1.73. The second-order valence-corrected chi connectivity index (χ2v) is 4.70. The number of fused-ring (bicyclic) bond motifs is 1. The maximum Gasteiger partial charge on any atom is 0.185 e. The zero-order valence-electron chi connectivity index (χ0n) is 9.40. The predicted octanol–water partition coefficient (Wildman–Crippen LogP) is 2.85. The molecule has 0 spiro atoms. The molecule has 0 aliphatic carbocycles. The zero-order valence-corrected chi connectivity index (χ0v) is 10.2. The van der Waals surface area contributed by atoms with E-state index in [-0.39, 0.29) is 5.12 Å². The molecule has 0 saturated carbocycles. The van der Waals surface area contributed by atoms with Crippen LogP contribution in [0.25, 0.3) is 11.1 Å². The lowest BCUT2D eigenvalue weighted by atomic mass is 10.2. The Bertz CT molecular complexity index is 592. The van der Waals surface area contributed by atoms with E-state index < -0.39 is 0 Å². The van der Waals surface area contributed by atoms with Crippen molar-refractivity contribution >= 4 is 28.0 Å².